The summed E-state index contributed by atoms with van der Waals surface area (Å²) in [5.41, 5.74) is 0.999. The lowest BCUT2D eigenvalue weighted by molar-refractivity contribution is 0.00602. The van der Waals surface area contributed by atoms with Crippen LogP contribution in [0.3, 0.4) is 0 Å². The van der Waals surface area contributed by atoms with Gasteiger partial charge in [-0.1, -0.05) is 60.7 Å². The van der Waals surface area contributed by atoms with Crippen LogP contribution < -0.4 is 5.32 Å². The highest BCUT2D eigenvalue weighted by Crippen LogP contribution is 2.46. The van der Waals surface area contributed by atoms with Crippen LogP contribution in [0.5, 0.6) is 0 Å². The molecule has 2 aromatic carbocycles. The molecule has 25 heavy (non-hydrogen) atoms. The number of phosphoric acid groups is 1. The first-order chi connectivity index (χ1) is 12.0. The maximum Gasteiger partial charge on any atom is 0.470 e. The van der Waals surface area contributed by atoms with E-state index in [1.807, 2.05) is 60.7 Å². The van der Waals surface area contributed by atoms with Gasteiger partial charge in [0.2, 0.25) is 0 Å². The summed E-state index contributed by atoms with van der Waals surface area (Å²) in [7, 11) is -4.65. The van der Waals surface area contributed by atoms with Gasteiger partial charge in [-0.3, -0.25) is 4.52 Å². The van der Waals surface area contributed by atoms with Crippen molar-refractivity contribution in [1.82, 2.24) is 5.32 Å². The Morgan fingerprint density at radius 3 is 1.92 bits per heavy atom. The van der Waals surface area contributed by atoms with Crippen LogP contribution in [0.2, 0.25) is 0 Å². The van der Waals surface area contributed by atoms with E-state index < -0.39 is 13.4 Å². The van der Waals surface area contributed by atoms with Crippen LogP contribution in [-0.2, 0) is 21.9 Å². The van der Waals surface area contributed by atoms with E-state index in [0.717, 1.165) is 30.5 Å². The number of nitrogens with one attached hydrogen (secondary N) is 1. The van der Waals surface area contributed by atoms with Crippen molar-refractivity contribution in [2.45, 2.75) is 37.3 Å². The van der Waals surface area contributed by atoms with Crippen molar-refractivity contribution in [1.29, 1.82) is 0 Å². The van der Waals surface area contributed by atoms with Gasteiger partial charge >= 0.3 is 7.82 Å². The second kappa shape index (κ2) is 7.81. The number of benzene rings is 2. The molecule has 0 amide bonds. The molecule has 3 N–H and O–H groups in total. The predicted molar refractivity (Wildman–Crippen MR) is 97.2 cm³/mol. The van der Waals surface area contributed by atoms with Gasteiger partial charge in [-0.25, -0.2) is 4.57 Å². The number of hydrogen-bond donors (Lipinski definition) is 3. The summed E-state index contributed by atoms with van der Waals surface area (Å²) in [6.07, 6.45) is 2.68. The molecule has 0 bridgehead atoms. The van der Waals surface area contributed by atoms with Crippen LogP contribution in [0.1, 0.15) is 24.0 Å². The van der Waals surface area contributed by atoms with Crippen molar-refractivity contribution in [2.75, 3.05) is 6.54 Å². The molecule has 0 saturated carbocycles. The Morgan fingerprint density at radius 2 is 1.52 bits per heavy atom. The van der Waals surface area contributed by atoms with Crippen LogP contribution in [0.25, 0.3) is 0 Å². The van der Waals surface area contributed by atoms with Gasteiger partial charge in [-0.2, -0.15) is 0 Å². The van der Waals surface area contributed by atoms with E-state index in [4.69, 9.17) is 4.52 Å². The molecule has 134 valence electrons. The molecule has 3 rings (SSSR count). The molecule has 1 aliphatic rings. The second-order valence-electron chi connectivity index (χ2n) is 6.62. The van der Waals surface area contributed by atoms with Crippen LogP contribution in [0.4, 0.5) is 0 Å². The molecule has 1 atom stereocenters. The minimum atomic E-state index is -4.65. The van der Waals surface area contributed by atoms with Crippen molar-refractivity contribution in [3.63, 3.8) is 0 Å². The average molecular weight is 361 g/mol. The molecule has 1 heterocycles. The quantitative estimate of drug-likeness (QED) is 0.661. The van der Waals surface area contributed by atoms with Gasteiger partial charge in [0.05, 0.1) is 0 Å². The standard InChI is InChI=1S/C19H24NO4P/c21-25(22,23)24-19(18-12-7-13-20-18,14-16-8-3-1-4-9-16)15-17-10-5-2-6-11-17/h1-6,8-11,18,20H,7,12-15H2,(H2,21,22,23)/t18-/m0/s1. The van der Waals surface area contributed by atoms with E-state index in [-0.39, 0.29) is 6.04 Å². The average Bonchev–Trinajstić information content (AvgIpc) is 3.10. The van der Waals surface area contributed by atoms with Crippen molar-refractivity contribution in [3.05, 3.63) is 71.8 Å². The summed E-state index contributed by atoms with van der Waals surface area (Å²) in [6.45, 7) is 0.834. The largest absolute Gasteiger partial charge is 0.470 e. The van der Waals surface area contributed by atoms with E-state index >= 15 is 0 Å². The van der Waals surface area contributed by atoms with Crippen molar-refractivity contribution in [3.8, 4) is 0 Å². The summed E-state index contributed by atoms with van der Waals surface area (Å²) >= 11 is 0. The smallest absolute Gasteiger partial charge is 0.311 e. The van der Waals surface area contributed by atoms with Gasteiger partial charge in [-0.05, 0) is 30.5 Å². The van der Waals surface area contributed by atoms with Gasteiger partial charge < -0.3 is 15.1 Å². The van der Waals surface area contributed by atoms with E-state index in [9.17, 15) is 14.4 Å². The van der Waals surface area contributed by atoms with E-state index in [0.29, 0.717) is 12.8 Å². The topological polar surface area (TPSA) is 78.8 Å². The van der Waals surface area contributed by atoms with Crippen LogP contribution in [-0.4, -0.2) is 28.0 Å². The first-order valence-corrected chi connectivity index (χ1v) is 10.1. The van der Waals surface area contributed by atoms with Gasteiger partial charge in [0.1, 0.15) is 5.60 Å². The molecule has 0 unspecified atom stereocenters. The molecule has 1 saturated heterocycles. The summed E-state index contributed by atoms with van der Waals surface area (Å²) in [4.78, 5) is 19.3. The maximum atomic E-state index is 11.8. The molecule has 0 aliphatic carbocycles. The Bertz CT molecular complexity index is 669. The highest BCUT2D eigenvalue weighted by Gasteiger charge is 2.46. The molecular weight excluding hydrogens is 337 g/mol. The number of phosphoric ester groups is 1. The fraction of sp³-hybridized carbons (Fsp3) is 0.368. The van der Waals surface area contributed by atoms with Crippen molar-refractivity contribution in [2.24, 2.45) is 0 Å². The van der Waals surface area contributed by atoms with E-state index in [2.05, 4.69) is 5.32 Å². The van der Waals surface area contributed by atoms with Crippen LogP contribution in [0.15, 0.2) is 60.7 Å². The predicted octanol–water partition coefficient (Wildman–Crippen LogP) is 3.07. The lowest BCUT2D eigenvalue weighted by Gasteiger charge is -2.39. The molecule has 2 aromatic rings. The molecule has 1 aliphatic heterocycles. The third-order valence-electron chi connectivity index (χ3n) is 4.69. The van der Waals surface area contributed by atoms with Crippen LogP contribution in [0, 0.1) is 0 Å². The Morgan fingerprint density at radius 1 is 1.00 bits per heavy atom. The zero-order valence-corrected chi connectivity index (χ0v) is 14.9. The normalized spacial score (nSPS) is 18.4. The highest BCUT2D eigenvalue weighted by atomic mass is 31.2. The zero-order valence-electron chi connectivity index (χ0n) is 14.0. The third-order valence-corrected chi connectivity index (χ3v) is 5.29. The summed E-state index contributed by atoms with van der Waals surface area (Å²) in [6, 6.07) is 19.4. The SMILES string of the molecule is O=P(O)(O)OC(Cc1ccccc1)(Cc1ccccc1)[C@@H]1CCCN1. The van der Waals surface area contributed by atoms with Gasteiger partial charge in [0.25, 0.3) is 0 Å². The molecule has 5 nitrogen and oxygen atoms in total. The number of hydrogen-bond acceptors (Lipinski definition) is 3. The Balaban J connectivity index is 2.00. The first kappa shape index (κ1) is 18.3. The minimum Gasteiger partial charge on any atom is -0.311 e. The second-order valence-corrected chi connectivity index (χ2v) is 7.78. The summed E-state index contributed by atoms with van der Waals surface area (Å²) in [5.74, 6) is 0. The zero-order chi connectivity index (χ0) is 17.8. The fourth-order valence-corrected chi connectivity index (χ4v) is 4.42. The molecule has 0 aromatic heterocycles. The Hall–Kier alpha value is -1.49. The number of rotatable bonds is 7. The van der Waals surface area contributed by atoms with Gasteiger partial charge in [0.15, 0.2) is 0 Å². The van der Waals surface area contributed by atoms with Crippen LogP contribution >= 0.6 is 7.82 Å². The summed E-state index contributed by atoms with van der Waals surface area (Å²) < 4.78 is 17.3. The van der Waals surface area contributed by atoms with Gasteiger partial charge in [0, 0.05) is 18.9 Å². The fourth-order valence-electron chi connectivity index (χ4n) is 3.69. The van der Waals surface area contributed by atoms with E-state index in [1.165, 1.54) is 0 Å². The van der Waals surface area contributed by atoms with E-state index in [1.54, 1.807) is 0 Å². The Kier molecular flexibility index (Phi) is 5.72. The lowest BCUT2D eigenvalue weighted by Crippen LogP contribution is -2.52. The monoisotopic (exact) mass is 361 g/mol. The highest BCUT2D eigenvalue weighted by molar-refractivity contribution is 7.46. The molecule has 0 spiro atoms. The molecular formula is C19H24NO4P. The molecule has 0 radical (unpaired) electrons. The summed E-state index contributed by atoms with van der Waals surface area (Å²) in [5, 5.41) is 3.39. The third kappa shape index (κ3) is 5.00. The Labute approximate surface area is 148 Å². The minimum absolute atomic E-state index is 0.111. The van der Waals surface area contributed by atoms with Crippen molar-refractivity contribution >= 4 is 7.82 Å². The molecule has 6 heteroatoms. The molecule has 1 fully saturated rings. The van der Waals surface area contributed by atoms with Crippen molar-refractivity contribution < 1.29 is 18.9 Å². The lowest BCUT2D eigenvalue weighted by atomic mass is 9.81. The van der Waals surface area contributed by atoms with Gasteiger partial charge in [-0.15, -0.1) is 0 Å². The maximum absolute atomic E-state index is 11.8. The first-order valence-electron chi connectivity index (χ1n) is 8.54.